The summed E-state index contributed by atoms with van der Waals surface area (Å²) >= 11 is 0. The maximum Gasteiger partial charge on any atom is 0.109 e. The third-order valence-electron chi connectivity index (χ3n) is 3.52. The maximum atomic E-state index is 9.30. The largest absolute Gasteiger partial charge is 0.303 e. The van der Waals surface area contributed by atoms with E-state index in [1.54, 1.807) is 0 Å². The Morgan fingerprint density at radius 3 is 2.53 bits per heavy atom. The van der Waals surface area contributed by atoms with Crippen molar-refractivity contribution < 1.29 is 0 Å². The molecule has 0 bridgehead atoms. The van der Waals surface area contributed by atoms with Crippen LogP contribution in [0.15, 0.2) is 0 Å². The normalized spacial score (nSPS) is 26.1. The number of nitriles is 1. The summed E-state index contributed by atoms with van der Waals surface area (Å²) in [6.45, 7) is 5.57. The number of likely N-dealkylation sites (tertiary alicyclic amines) is 1. The van der Waals surface area contributed by atoms with Crippen molar-refractivity contribution in [3.05, 3.63) is 0 Å². The summed E-state index contributed by atoms with van der Waals surface area (Å²) in [6, 6.07) is 3.15. The smallest absolute Gasteiger partial charge is 0.109 e. The van der Waals surface area contributed by atoms with Gasteiger partial charge in [0.1, 0.15) is 5.54 Å². The van der Waals surface area contributed by atoms with Crippen LogP contribution in [0.5, 0.6) is 0 Å². The first-order valence-corrected chi connectivity index (χ1v) is 6.19. The van der Waals surface area contributed by atoms with Crippen molar-refractivity contribution in [3.63, 3.8) is 0 Å². The molecule has 1 heterocycles. The van der Waals surface area contributed by atoms with Gasteiger partial charge in [-0.1, -0.05) is 6.92 Å². The number of rotatable bonds is 4. The van der Waals surface area contributed by atoms with Gasteiger partial charge in [-0.05, 0) is 38.6 Å². The summed E-state index contributed by atoms with van der Waals surface area (Å²) in [5.74, 6) is 0. The Kier molecular flexibility index (Phi) is 3.28. The van der Waals surface area contributed by atoms with Crippen LogP contribution in [0.3, 0.4) is 0 Å². The van der Waals surface area contributed by atoms with Crippen LogP contribution >= 0.6 is 0 Å². The summed E-state index contributed by atoms with van der Waals surface area (Å²) in [6.07, 6.45) is 5.75. The van der Waals surface area contributed by atoms with Crippen molar-refractivity contribution in [1.29, 1.82) is 5.26 Å². The van der Waals surface area contributed by atoms with E-state index >= 15 is 0 Å². The van der Waals surface area contributed by atoms with Gasteiger partial charge in [0, 0.05) is 19.1 Å². The lowest BCUT2D eigenvalue weighted by Gasteiger charge is -2.37. The Bertz CT molecular complexity index is 244. The SMILES string of the molecule is CCCN1CCC(C#N)(NC2CC2)CC1. The molecule has 0 atom stereocenters. The zero-order valence-electron chi connectivity index (χ0n) is 9.63. The molecular weight excluding hydrogens is 186 g/mol. The van der Waals surface area contributed by atoms with Gasteiger partial charge >= 0.3 is 0 Å². The Balaban J connectivity index is 1.85. The molecule has 1 aliphatic carbocycles. The number of nitrogens with zero attached hydrogens (tertiary/aromatic N) is 2. The topological polar surface area (TPSA) is 39.1 Å². The first-order valence-electron chi connectivity index (χ1n) is 6.19. The lowest BCUT2D eigenvalue weighted by Crippen LogP contribution is -2.53. The first kappa shape index (κ1) is 10.9. The van der Waals surface area contributed by atoms with Crippen LogP contribution in [0.1, 0.15) is 39.0 Å². The molecule has 0 spiro atoms. The van der Waals surface area contributed by atoms with Crippen molar-refractivity contribution >= 4 is 0 Å². The van der Waals surface area contributed by atoms with Crippen LogP contribution in [0.2, 0.25) is 0 Å². The molecule has 0 aromatic carbocycles. The molecule has 2 rings (SSSR count). The summed E-state index contributed by atoms with van der Waals surface area (Å²) in [5.41, 5.74) is -0.203. The Morgan fingerprint density at radius 2 is 2.07 bits per heavy atom. The summed E-state index contributed by atoms with van der Waals surface area (Å²) in [4.78, 5) is 2.48. The molecule has 3 nitrogen and oxygen atoms in total. The van der Waals surface area contributed by atoms with E-state index in [0.717, 1.165) is 25.9 Å². The Hall–Kier alpha value is -0.590. The van der Waals surface area contributed by atoms with Gasteiger partial charge in [0.05, 0.1) is 6.07 Å². The van der Waals surface area contributed by atoms with Crippen molar-refractivity contribution in [3.8, 4) is 6.07 Å². The van der Waals surface area contributed by atoms with Crippen molar-refractivity contribution in [2.45, 2.75) is 50.6 Å². The summed E-state index contributed by atoms with van der Waals surface area (Å²) < 4.78 is 0. The molecule has 0 radical (unpaired) electrons. The van der Waals surface area contributed by atoms with Crippen molar-refractivity contribution in [2.75, 3.05) is 19.6 Å². The highest BCUT2D eigenvalue weighted by atomic mass is 15.2. The van der Waals surface area contributed by atoms with Gasteiger partial charge in [-0.2, -0.15) is 5.26 Å². The van der Waals surface area contributed by atoms with Crippen molar-refractivity contribution in [1.82, 2.24) is 10.2 Å². The van der Waals surface area contributed by atoms with E-state index in [2.05, 4.69) is 23.2 Å². The molecule has 3 heteroatoms. The molecule has 2 fully saturated rings. The molecule has 1 saturated heterocycles. The monoisotopic (exact) mass is 207 g/mol. The zero-order valence-corrected chi connectivity index (χ0v) is 9.63. The second-order valence-electron chi connectivity index (χ2n) is 4.95. The van der Waals surface area contributed by atoms with E-state index in [4.69, 9.17) is 0 Å². The average molecular weight is 207 g/mol. The molecule has 1 saturated carbocycles. The first-order chi connectivity index (χ1) is 7.28. The van der Waals surface area contributed by atoms with Crippen LogP contribution in [-0.2, 0) is 0 Å². The third-order valence-corrected chi connectivity index (χ3v) is 3.52. The minimum Gasteiger partial charge on any atom is -0.303 e. The van der Waals surface area contributed by atoms with Crippen LogP contribution in [0.25, 0.3) is 0 Å². The zero-order chi connectivity index (χ0) is 10.7. The highest BCUT2D eigenvalue weighted by Gasteiger charge is 2.38. The minimum atomic E-state index is -0.203. The van der Waals surface area contributed by atoms with Gasteiger partial charge in [0.2, 0.25) is 0 Å². The predicted molar refractivity (Wildman–Crippen MR) is 60.5 cm³/mol. The number of hydrogen-bond acceptors (Lipinski definition) is 3. The summed E-state index contributed by atoms with van der Waals surface area (Å²) in [5, 5.41) is 12.8. The van der Waals surface area contributed by atoms with Gasteiger partial charge in [-0.15, -0.1) is 0 Å². The van der Waals surface area contributed by atoms with Crippen LogP contribution in [0.4, 0.5) is 0 Å². The molecule has 0 amide bonds. The van der Waals surface area contributed by atoms with E-state index < -0.39 is 0 Å². The number of hydrogen-bond donors (Lipinski definition) is 1. The molecule has 84 valence electrons. The van der Waals surface area contributed by atoms with Gasteiger partial charge in [-0.25, -0.2) is 0 Å². The van der Waals surface area contributed by atoms with Crippen molar-refractivity contribution in [2.24, 2.45) is 0 Å². The second-order valence-corrected chi connectivity index (χ2v) is 4.95. The lowest BCUT2D eigenvalue weighted by atomic mass is 9.88. The Morgan fingerprint density at radius 1 is 1.40 bits per heavy atom. The molecule has 1 N–H and O–H groups in total. The fourth-order valence-corrected chi connectivity index (χ4v) is 2.38. The van der Waals surface area contributed by atoms with E-state index in [-0.39, 0.29) is 5.54 Å². The average Bonchev–Trinajstić information content (AvgIpc) is 3.06. The number of piperidine rings is 1. The fourth-order valence-electron chi connectivity index (χ4n) is 2.38. The van der Waals surface area contributed by atoms with Crippen LogP contribution in [0, 0.1) is 11.3 Å². The number of nitrogens with one attached hydrogen (secondary N) is 1. The van der Waals surface area contributed by atoms with Gasteiger partial charge < -0.3 is 4.90 Å². The molecule has 1 aliphatic heterocycles. The molecule has 0 aromatic rings. The van der Waals surface area contributed by atoms with Gasteiger partial charge in [0.15, 0.2) is 0 Å². The minimum absolute atomic E-state index is 0.203. The van der Waals surface area contributed by atoms with E-state index in [1.165, 1.54) is 25.8 Å². The third kappa shape index (κ3) is 2.70. The maximum absolute atomic E-state index is 9.30. The van der Waals surface area contributed by atoms with Crippen LogP contribution < -0.4 is 5.32 Å². The van der Waals surface area contributed by atoms with Gasteiger partial charge in [-0.3, -0.25) is 5.32 Å². The Labute approximate surface area is 92.4 Å². The highest BCUT2D eigenvalue weighted by Crippen LogP contribution is 2.28. The predicted octanol–water partition coefficient (Wildman–Crippen LogP) is 1.51. The molecule has 2 aliphatic rings. The molecule has 15 heavy (non-hydrogen) atoms. The quantitative estimate of drug-likeness (QED) is 0.759. The fraction of sp³-hybridized carbons (Fsp3) is 0.917. The highest BCUT2D eigenvalue weighted by molar-refractivity contribution is 5.12. The molecule has 0 unspecified atom stereocenters. The molecular formula is C12H21N3. The summed E-state index contributed by atoms with van der Waals surface area (Å²) in [7, 11) is 0. The van der Waals surface area contributed by atoms with E-state index in [0.29, 0.717) is 6.04 Å². The second kappa shape index (κ2) is 4.51. The molecule has 0 aromatic heterocycles. The van der Waals surface area contributed by atoms with Crippen LogP contribution in [-0.4, -0.2) is 36.1 Å². The van der Waals surface area contributed by atoms with E-state index in [1.807, 2.05) is 0 Å². The van der Waals surface area contributed by atoms with Gasteiger partial charge in [0.25, 0.3) is 0 Å². The van der Waals surface area contributed by atoms with E-state index in [9.17, 15) is 5.26 Å². The lowest BCUT2D eigenvalue weighted by molar-refractivity contribution is 0.166. The standard InChI is InChI=1S/C12H21N3/c1-2-7-15-8-5-12(10-13,6-9-15)14-11-3-4-11/h11,14H,2-9H2,1H3.